The van der Waals surface area contributed by atoms with Crippen molar-refractivity contribution >= 4 is 29.0 Å². The second kappa shape index (κ2) is 10.0. The fourth-order valence-corrected chi connectivity index (χ4v) is 2.94. The van der Waals surface area contributed by atoms with E-state index >= 15 is 0 Å². The van der Waals surface area contributed by atoms with Gasteiger partial charge in [-0.3, -0.25) is 19.8 Å². The first kappa shape index (κ1) is 22.9. The predicted molar refractivity (Wildman–Crippen MR) is 115 cm³/mol. The lowest BCUT2D eigenvalue weighted by Gasteiger charge is -2.23. The number of rotatable bonds is 8. The van der Waals surface area contributed by atoms with Crippen LogP contribution in [0.4, 0.5) is 15.9 Å². The lowest BCUT2D eigenvalue weighted by molar-refractivity contribution is -0.384. The summed E-state index contributed by atoms with van der Waals surface area (Å²) in [5.41, 5.74) is -0.278. The quantitative estimate of drug-likeness (QED) is 0.351. The van der Waals surface area contributed by atoms with Crippen LogP contribution in [0, 0.1) is 15.9 Å². The molecule has 0 aliphatic heterocycles. The van der Waals surface area contributed by atoms with Crippen LogP contribution in [0.25, 0.3) is 0 Å². The zero-order valence-electron chi connectivity index (χ0n) is 17.1. The van der Waals surface area contributed by atoms with E-state index in [2.05, 4.69) is 9.97 Å². The number of likely N-dealkylation sites (N-methyl/N-ethyl adjacent to an activating group) is 1. The number of nitro groups is 1. The van der Waals surface area contributed by atoms with Crippen molar-refractivity contribution in [1.29, 1.82) is 0 Å². The average Bonchev–Trinajstić information content (AvgIpc) is 2.77. The summed E-state index contributed by atoms with van der Waals surface area (Å²) in [6, 6.07) is 9.89. The lowest BCUT2D eigenvalue weighted by Crippen LogP contribution is -2.41. The van der Waals surface area contributed by atoms with E-state index < -0.39 is 22.8 Å². The van der Waals surface area contributed by atoms with Crippen molar-refractivity contribution in [2.24, 2.45) is 0 Å². The molecular weight excluding hydrogens is 443 g/mol. The Balaban J connectivity index is 1.70. The van der Waals surface area contributed by atoms with E-state index in [4.69, 9.17) is 21.1 Å². The third-order valence-electron chi connectivity index (χ3n) is 4.27. The topological polar surface area (TPSA) is 108 Å². The molecule has 0 spiro atoms. The summed E-state index contributed by atoms with van der Waals surface area (Å²) in [7, 11) is 0. The molecule has 1 unspecified atom stereocenters. The van der Waals surface area contributed by atoms with Crippen LogP contribution in [0.15, 0.2) is 54.9 Å². The summed E-state index contributed by atoms with van der Waals surface area (Å²) in [5.74, 6) is -0.857. The Bertz CT molecular complexity index is 1130. The van der Waals surface area contributed by atoms with Gasteiger partial charge in [-0.25, -0.2) is 14.4 Å². The van der Waals surface area contributed by atoms with Crippen molar-refractivity contribution in [3.8, 4) is 17.4 Å². The monoisotopic (exact) mass is 460 g/mol. The molecule has 0 bridgehead atoms. The first-order chi connectivity index (χ1) is 15.3. The fourth-order valence-electron chi connectivity index (χ4n) is 2.80. The highest BCUT2D eigenvalue weighted by molar-refractivity contribution is 6.30. The average molecular weight is 461 g/mol. The van der Waals surface area contributed by atoms with Crippen LogP contribution in [0.2, 0.25) is 5.02 Å². The molecule has 0 aliphatic rings. The molecule has 2 aromatic heterocycles. The van der Waals surface area contributed by atoms with Gasteiger partial charge in [0.25, 0.3) is 11.8 Å². The Labute approximate surface area is 187 Å². The lowest BCUT2D eigenvalue weighted by atomic mass is 10.2. The van der Waals surface area contributed by atoms with Gasteiger partial charge in [-0.15, -0.1) is 0 Å². The van der Waals surface area contributed by atoms with Crippen LogP contribution in [0.5, 0.6) is 17.4 Å². The summed E-state index contributed by atoms with van der Waals surface area (Å²) in [4.78, 5) is 32.5. The summed E-state index contributed by atoms with van der Waals surface area (Å²) < 4.78 is 24.9. The number of benzene rings is 1. The molecule has 1 amide bonds. The molecule has 0 fully saturated rings. The number of ether oxygens (including phenoxy) is 2. The minimum absolute atomic E-state index is 0.0540. The number of pyridine rings is 2. The van der Waals surface area contributed by atoms with Gasteiger partial charge in [0.15, 0.2) is 11.9 Å². The third kappa shape index (κ3) is 5.27. The Morgan fingerprint density at radius 2 is 1.94 bits per heavy atom. The van der Waals surface area contributed by atoms with E-state index in [1.54, 1.807) is 6.92 Å². The molecule has 0 radical (unpaired) electrons. The summed E-state index contributed by atoms with van der Waals surface area (Å²) >= 11 is 5.67. The summed E-state index contributed by atoms with van der Waals surface area (Å²) in [6.07, 6.45) is 1.68. The van der Waals surface area contributed by atoms with E-state index in [1.165, 1.54) is 60.6 Å². The molecule has 166 valence electrons. The van der Waals surface area contributed by atoms with Gasteiger partial charge in [0.2, 0.25) is 5.82 Å². The number of hydrogen-bond donors (Lipinski definition) is 0. The maximum absolute atomic E-state index is 13.8. The van der Waals surface area contributed by atoms with Crippen molar-refractivity contribution in [3.63, 3.8) is 0 Å². The molecule has 1 atom stereocenters. The molecule has 3 aromatic rings. The van der Waals surface area contributed by atoms with Gasteiger partial charge in [0.1, 0.15) is 11.5 Å². The first-order valence-electron chi connectivity index (χ1n) is 9.46. The summed E-state index contributed by atoms with van der Waals surface area (Å²) in [6.45, 7) is 3.37. The zero-order valence-corrected chi connectivity index (χ0v) is 17.8. The van der Waals surface area contributed by atoms with Crippen molar-refractivity contribution < 1.29 is 23.6 Å². The Morgan fingerprint density at radius 3 is 2.56 bits per heavy atom. The van der Waals surface area contributed by atoms with Crippen LogP contribution < -0.4 is 14.4 Å². The molecule has 11 heteroatoms. The fraction of sp³-hybridized carbons (Fsp3) is 0.190. The first-order valence-corrected chi connectivity index (χ1v) is 9.84. The third-order valence-corrected chi connectivity index (χ3v) is 4.48. The number of carbonyl (C=O) groups is 1. The van der Waals surface area contributed by atoms with E-state index in [0.29, 0.717) is 11.5 Å². The Kier molecular flexibility index (Phi) is 7.16. The molecular formula is C21H18ClFN4O5. The number of amides is 1. The van der Waals surface area contributed by atoms with Gasteiger partial charge < -0.3 is 9.47 Å². The standard InChI is InChI=1S/C21H18ClFN4O5/c1-3-26(19-18(27(29)30)5-4-10-24-19)21(28)13(2)31-15-6-8-16(9-7-15)32-20-17(23)11-14(22)12-25-20/h4-13H,3H2,1-2H3. The molecule has 0 aliphatic carbocycles. The Hall–Kier alpha value is -3.79. The molecule has 9 nitrogen and oxygen atoms in total. The van der Waals surface area contributed by atoms with Crippen LogP contribution >= 0.6 is 11.6 Å². The molecule has 3 rings (SSSR count). The SMILES string of the molecule is CCN(C(=O)C(C)Oc1ccc(Oc2ncc(Cl)cc2F)cc1)c1ncccc1[N+](=O)[O-]. The largest absolute Gasteiger partial charge is 0.481 e. The van der Waals surface area contributed by atoms with Crippen molar-refractivity contribution in [2.45, 2.75) is 20.0 Å². The highest BCUT2D eigenvalue weighted by atomic mass is 35.5. The number of halogens is 2. The minimum atomic E-state index is -0.960. The maximum atomic E-state index is 13.8. The second-order valence-electron chi connectivity index (χ2n) is 6.46. The Morgan fingerprint density at radius 1 is 1.25 bits per heavy atom. The van der Waals surface area contributed by atoms with Crippen LogP contribution in [-0.4, -0.2) is 33.4 Å². The number of hydrogen-bond acceptors (Lipinski definition) is 7. The zero-order chi connectivity index (χ0) is 23.3. The molecule has 0 N–H and O–H groups in total. The molecule has 2 heterocycles. The van der Waals surface area contributed by atoms with Gasteiger partial charge in [-0.05, 0) is 50.2 Å². The smallest absolute Gasteiger partial charge is 0.312 e. The van der Waals surface area contributed by atoms with Gasteiger partial charge in [0, 0.05) is 25.0 Å². The highest BCUT2D eigenvalue weighted by Gasteiger charge is 2.28. The number of carbonyl (C=O) groups excluding carboxylic acids is 1. The van der Waals surface area contributed by atoms with Crippen LogP contribution in [0.3, 0.4) is 0 Å². The van der Waals surface area contributed by atoms with Gasteiger partial charge in [0.05, 0.1) is 9.95 Å². The van der Waals surface area contributed by atoms with E-state index in [1.807, 2.05) is 0 Å². The van der Waals surface area contributed by atoms with Crippen LogP contribution in [0.1, 0.15) is 13.8 Å². The molecule has 0 saturated heterocycles. The molecule has 1 aromatic carbocycles. The maximum Gasteiger partial charge on any atom is 0.312 e. The van der Waals surface area contributed by atoms with Gasteiger partial charge >= 0.3 is 5.69 Å². The summed E-state index contributed by atoms with van der Waals surface area (Å²) in [5, 5.41) is 11.4. The van der Waals surface area contributed by atoms with Crippen molar-refractivity contribution in [1.82, 2.24) is 9.97 Å². The highest BCUT2D eigenvalue weighted by Crippen LogP contribution is 2.28. The number of aromatic nitrogens is 2. The molecule has 32 heavy (non-hydrogen) atoms. The normalized spacial score (nSPS) is 11.5. The van der Waals surface area contributed by atoms with E-state index in [0.717, 1.165) is 6.07 Å². The number of anilines is 1. The van der Waals surface area contributed by atoms with E-state index in [9.17, 15) is 19.3 Å². The minimum Gasteiger partial charge on any atom is -0.481 e. The predicted octanol–water partition coefficient (Wildman–Crippen LogP) is 4.79. The second-order valence-corrected chi connectivity index (χ2v) is 6.90. The van der Waals surface area contributed by atoms with Gasteiger partial charge in [-0.1, -0.05) is 11.6 Å². The van der Waals surface area contributed by atoms with Crippen LogP contribution in [-0.2, 0) is 4.79 Å². The molecule has 0 saturated carbocycles. The van der Waals surface area contributed by atoms with Crippen molar-refractivity contribution in [3.05, 3.63) is 75.8 Å². The van der Waals surface area contributed by atoms with Gasteiger partial charge in [-0.2, -0.15) is 0 Å². The van der Waals surface area contributed by atoms with E-state index in [-0.39, 0.29) is 29.0 Å². The number of nitrogens with zero attached hydrogens (tertiary/aromatic N) is 4. The van der Waals surface area contributed by atoms with Crippen molar-refractivity contribution in [2.75, 3.05) is 11.4 Å².